The van der Waals surface area contributed by atoms with Crippen molar-refractivity contribution < 1.29 is 4.79 Å². The molecule has 0 radical (unpaired) electrons. The van der Waals surface area contributed by atoms with Gasteiger partial charge in [0.05, 0.1) is 0 Å². The Morgan fingerprint density at radius 3 is 2.71 bits per heavy atom. The normalized spacial score (nSPS) is 21.2. The van der Waals surface area contributed by atoms with Gasteiger partial charge in [-0.2, -0.15) is 11.8 Å². The Morgan fingerprint density at radius 1 is 1.29 bits per heavy atom. The number of carbonyl (C=O) groups is 1. The summed E-state index contributed by atoms with van der Waals surface area (Å²) in [6.07, 6.45) is 3.59. The van der Waals surface area contributed by atoms with E-state index in [0.717, 1.165) is 24.5 Å². The van der Waals surface area contributed by atoms with Crippen molar-refractivity contribution in [1.29, 1.82) is 0 Å². The zero-order valence-electron chi connectivity index (χ0n) is 13.0. The molecule has 1 aromatic carbocycles. The Morgan fingerprint density at radius 2 is 2.05 bits per heavy atom. The van der Waals surface area contributed by atoms with Crippen LogP contribution in [0.3, 0.4) is 0 Å². The molecule has 1 aliphatic carbocycles. The SMILES string of the molecule is Cc1ccc(CSCCNC(=O)NC2CCCC2C)cc1. The van der Waals surface area contributed by atoms with E-state index in [0.29, 0.717) is 12.0 Å². The molecular weight excluding hydrogens is 280 g/mol. The van der Waals surface area contributed by atoms with Crippen molar-refractivity contribution >= 4 is 17.8 Å². The molecule has 2 N–H and O–H groups in total. The molecule has 0 aliphatic heterocycles. The summed E-state index contributed by atoms with van der Waals surface area (Å²) in [5.41, 5.74) is 2.64. The molecule has 2 amide bonds. The molecule has 0 saturated heterocycles. The number of hydrogen-bond donors (Lipinski definition) is 2. The number of aryl methyl sites for hydroxylation is 1. The Hall–Kier alpha value is -1.16. The van der Waals surface area contributed by atoms with Gasteiger partial charge < -0.3 is 10.6 Å². The van der Waals surface area contributed by atoms with Crippen LogP contribution in [0.4, 0.5) is 4.79 Å². The second kappa shape index (κ2) is 8.32. The van der Waals surface area contributed by atoms with E-state index in [-0.39, 0.29) is 6.03 Å². The quantitative estimate of drug-likeness (QED) is 0.787. The molecule has 1 aromatic rings. The molecule has 0 bridgehead atoms. The minimum atomic E-state index is -0.00955. The fourth-order valence-corrected chi connectivity index (χ4v) is 3.51. The summed E-state index contributed by atoms with van der Waals surface area (Å²) in [5.74, 6) is 2.57. The molecule has 3 nitrogen and oxygen atoms in total. The van der Waals surface area contributed by atoms with E-state index in [1.807, 2.05) is 11.8 Å². The largest absolute Gasteiger partial charge is 0.337 e. The van der Waals surface area contributed by atoms with Crippen molar-refractivity contribution in [3.8, 4) is 0 Å². The molecule has 116 valence electrons. The fraction of sp³-hybridized carbons (Fsp3) is 0.588. The number of thioether (sulfide) groups is 1. The standard InChI is InChI=1S/C17H26N2OS/c1-13-6-8-15(9-7-13)12-21-11-10-18-17(20)19-16-5-3-4-14(16)2/h6-9,14,16H,3-5,10-12H2,1-2H3,(H2,18,19,20). The summed E-state index contributed by atoms with van der Waals surface area (Å²) < 4.78 is 0. The van der Waals surface area contributed by atoms with E-state index in [1.54, 1.807) is 0 Å². The average Bonchev–Trinajstić information content (AvgIpc) is 2.86. The lowest BCUT2D eigenvalue weighted by Gasteiger charge is -2.17. The molecule has 2 rings (SSSR count). The van der Waals surface area contributed by atoms with Crippen LogP contribution < -0.4 is 10.6 Å². The van der Waals surface area contributed by atoms with Crippen molar-refractivity contribution in [1.82, 2.24) is 10.6 Å². The maximum absolute atomic E-state index is 11.8. The molecule has 1 fully saturated rings. The van der Waals surface area contributed by atoms with Gasteiger partial charge in [0.2, 0.25) is 0 Å². The Labute approximate surface area is 132 Å². The summed E-state index contributed by atoms with van der Waals surface area (Å²) in [7, 11) is 0. The minimum absolute atomic E-state index is 0.00955. The van der Waals surface area contributed by atoms with Crippen LogP contribution in [0.25, 0.3) is 0 Å². The summed E-state index contributed by atoms with van der Waals surface area (Å²) in [6, 6.07) is 8.98. The van der Waals surface area contributed by atoms with Crippen LogP contribution in [0.2, 0.25) is 0 Å². The third-order valence-electron chi connectivity index (χ3n) is 4.10. The first kappa shape index (κ1) is 16.2. The van der Waals surface area contributed by atoms with Gasteiger partial charge in [-0.3, -0.25) is 0 Å². The first-order valence-corrected chi connectivity index (χ1v) is 8.98. The van der Waals surface area contributed by atoms with Gasteiger partial charge in [-0.25, -0.2) is 4.79 Å². The summed E-state index contributed by atoms with van der Waals surface area (Å²) in [5, 5.41) is 6.04. The molecule has 2 unspecified atom stereocenters. The molecule has 0 aromatic heterocycles. The van der Waals surface area contributed by atoms with Crippen molar-refractivity contribution in [2.75, 3.05) is 12.3 Å². The molecule has 21 heavy (non-hydrogen) atoms. The topological polar surface area (TPSA) is 41.1 Å². The van der Waals surface area contributed by atoms with Gasteiger partial charge in [-0.05, 0) is 31.2 Å². The number of rotatable bonds is 6. The Bertz CT molecular complexity index is 447. The predicted octanol–water partition coefficient (Wildman–Crippen LogP) is 3.72. The van der Waals surface area contributed by atoms with Crippen molar-refractivity contribution in [3.05, 3.63) is 35.4 Å². The minimum Gasteiger partial charge on any atom is -0.337 e. The molecule has 0 heterocycles. The molecule has 1 saturated carbocycles. The van der Waals surface area contributed by atoms with E-state index in [9.17, 15) is 4.79 Å². The van der Waals surface area contributed by atoms with E-state index in [2.05, 4.69) is 48.7 Å². The Kier molecular flexibility index (Phi) is 6.43. The molecule has 2 atom stereocenters. The van der Waals surface area contributed by atoms with Gasteiger partial charge in [0.25, 0.3) is 0 Å². The van der Waals surface area contributed by atoms with Crippen molar-refractivity contribution in [2.24, 2.45) is 5.92 Å². The van der Waals surface area contributed by atoms with E-state index >= 15 is 0 Å². The number of amides is 2. The summed E-state index contributed by atoms with van der Waals surface area (Å²) in [6.45, 7) is 5.05. The van der Waals surface area contributed by atoms with E-state index in [4.69, 9.17) is 0 Å². The van der Waals surface area contributed by atoms with Gasteiger partial charge in [0.1, 0.15) is 0 Å². The summed E-state index contributed by atoms with van der Waals surface area (Å²) in [4.78, 5) is 11.8. The highest BCUT2D eigenvalue weighted by molar-refractivity contribution is 7.98. The van der Waals surface area contributed by atoms with Crippen molar-refractivity contribution in [2.45, 2.75) is 44.9 Å². The highest BCUT2D eigenvalue weighted by Gasteiger charge is 2.24. The van der Waals surface area contributed by atoms with E-state index < -0.39 is 0 Å². The van der Waals surface area contributed by atoms with Crippen LogP contribution in [0.5, 0.6) is 0 Å². The van der Waals surface area contributed by atoms with Crippen LogP contribution >= 0.6 is 11.8 Å². The zero-order chi connectivity index (χ0) is 15.1. The van der Waals surface area contributed by atoms with Gasteiger partial charge in [-0.15, -0.1) is 0 Å². The monoisotopic (exact) mass is 306 g/mol. The smallest absolute Gasteiger partial charge is 0.315 e. The first-order chi connectivity index (χ1) is 10.1. The van der Waals surface area contributed by atoms with Crippen LogP contribution in [-0.4, -0.2) is 24.4 Å². The van der Waals surface area contributed by atoms with Crippen LogP contribution in [0, 0.1) is 12.8 Å². The number of hydrogen-bond acceptors (Lipinski definition) is 2. The maximum atomic E-state index is 11.8. The molecule has 4 heteroatoms. The van der Waals surface area contributed by atoms with Gasteiger partial charge >= 0.3 is 6.03 Å². The maximum Gasteiger partial charge on any atom is 0.315 e. The van der Waals surface area contributed by atoms with Gasteiger partial charge in [0, 0.05) is 24.1 Å². The second-order valence-electron chi connectivity index (χ2n) is 5.95. The van der Waals surface area contributed by atoms with Crippen LogP contribution in [-0.2, 0) is 5.75 Å². The lowest BCUT2D eigenvalue weighted by molar-refractivity contribution is 0.235. The third kappa shape index (κ3) is 5.62. The van der Waals surface area contributed by atoms with Gasteiger partial charge in [0.15, 0.2) is 0 Å². The van der Waals surface area contributed by atoms with Crippen molar-refractivity contribution in [3.63, 3.8) is 0 Å². The number of benzene rings is 1. The lowest BCUT2D eigenvalue weighted by atomic mass is 10.1. The summed E-state index contributed by atoms with van der Waals surface area (Å²) >= 11 is 1.85. The van der Waals surface area contributed by atoms with E-state index in [1.165, 1.54) is 24.0 Å². The molecule has 0 spiro atoms. The zero-order valence-corrected chi connectivity index (χ0v) is 13.8. The molecular formula is C17H26N2OS. The van der Waals surface area contributed by atoms with Crippen LogP contribution in [0.1, 0.15) is 37.3 Å². The number of nitrogens with one attached hydrogen (secondary N) is 2. The predicted molar refractivity (Wildman–Crippen MR) is 90.7 cm³/mol. The second-order valence-corrected chi connectivity index (χ2v) is 7.06. The average molecular weight is 306 g/mol. The Balaban J connectivity index is 1.55. The highest BCUT2D eigenvalue weighted by atomic mass is 32.2. The fourth-order valence-electron chi connectivity index (χ4n) is 2.69. The number of urea groups is 1. The highest BCUT2D eigenvalue weighted by Crippen LogP contribution is 2.24. The first-order valence-electron chi connectivity index (χ1n) is 7.83. The third-order valence-corrected chi connectivity index (χ3v) is 5.13. The van der Waals surface area contributed by atoms with Gasteiger partial charge in [-0.1, -0.05) is 43.2 Å². The lowest BCUT2D eigenvalue weighted by Crippen LogP contribution is -2.43. The van der Waals surface area contributed by atoms with Crippen LogP contribution in [0.15, 0.2) is 24.3 Å². The molecule has 1 aliphatic rings. The number of carbonyl (C=O) groups excluding carboxylic acids is 1.